The Morgan fingerprint density at radius 3 is 2.34 bits per heavy atom. The predicted octanol–water partition coefficient (Wildman–Crippen LogP) is 3.44. The summed E-state index contributed by atoms with van der Waals surface area (Å²) >= 11 is 1.03. The summed E-state index contributed by atoms with van der Waals surface area (Å²) in [5.74, 6) is -2.42. The van der Waals surface area contributed by atoms with Gasteiger partial charge in [-0.05, 0) is 44.4 Å². The minimum atomic E-state index is -0.785. The number of halogens is 2. The number of imide groups is 1. The fourth-order valence-electron chi connectivity index (χ4n) is 3.42. The number of likely N-dealkylation sites (N-methyl/N-ethyl adjacent to an activating group) is 1. The number of thiazole rings is 1. The number of carbonyl (C=O) groups excluding carboxylic acids is 3. The van der Waals surface area contributed by atoms with Crippen molar-refractivity contribution in [1.82, 2.24) is 9.88 Å². The fourth-order valence-corrected chi connectivity index (χ4v) is 4.45. The first kappa shape index (κ1) is 22.0. The van der Waals surface area contributed by atoms with E-state index in [1.807, 2.05) is 19.0 Å². The van der Waals surface area contributed by atoms with Crippen molar-refractivity contribution in [2.75, 3.05) is 37.0 Å². The molecule has 2 heterocycles. The van der Waals surface area contributed by atoms with Crippen LogP contribution in [0.3, 0.4) is 0 Å². The number of aromatic nitrogens is 1. The SMILES string of the molecule is CN(C)CCN(C(=O)c1ccc(N2C(=O)CCC2=O)cc1)c1nc2c(F)cc(F)cc2s1. The third-order valence-electron chi connectivity index (χ3n) is 5.07. The topological polar surface area (TPSA) is 73.8 Å². The summed E-state index contributed by atoms with van der Waals surface area (Å²) in [6.07, 6.45) is 0.346. The molecule has 1 saturated heterocycles. The molecule has 0 radical (unpaired) electrons. The lowest BCUT2D eigenvalue weighted by Crippen LogP contribution is -2.36. The third-order valence-corrected chi connectivity index (χ3v) is 6.10. The van der Waals surface area contributed by atoms with E-state index in [0.717, 1.165) is 22.3 Å². The van der Waals surface area contributed by atoms with Crippen LogP contribution in [0.15, 0.2) is 36.4 Å². The molecule has 2 aromatic carbocycles. The van der Waals surface area contributed by atoms with Gasteiger partial charge in [-0.15, -0.1) is 0 Å². The van der Waals surface area contributed by atoms with Crippen LogP contribution < -0.4 is 9.80 Å². The monoisotopic (exact) mass is 458 g/mol. The van der Waals surface area contributed by atoms with Gasteiger partial charge in [-0.25, -0.2) is 13.8 Å². The maximum Gasteiger partial charge on any atom is 0.260 e. The molecule has 1 aromatic heterocycles. The van der Waals surface area contributed by atoms with E-state index in [1.165, 1.54) is 23.1 Å². The number of benzene rings is 2. The molecule has 0 spiro atoms. The number of hydrogen-bond donors (Lipinski definition) is 0. The number of rotatable bonds is 6. The van der Waals surface area contributed by atoms with Crippen molar-refractivity contribution in [2.24, 2.45) is 0 Å². The molecule has 0 N–H and O–H groups in total. The Kier molecular flexibility index (Phi) is 5.98. The molecule has 1 aliphatic heterocycles. The predicted molar refractivity (Wildman–Crippen MR) is 118 cm³/mol. The van der Waals surface area contributed by atoms with Gasteiger partial charge in [0, 0.05) is 37.6 Å². The van der Waals surface area contributed by atoms with Gasteiger partial charge in [-0.3, -0.25) is 24.2 Å². The molecule has 1 aliphatic rings. The van der Waals surface area contributed by atoms with E-state index in [2.05, 4.69) is 4.98 Å². The molecular weight excluding hydrogens is 438 g/mol. The summed E-state index contributed by atoms with van der Waals surface area (Å²) < 4.78 is 28.1. The van der Waals surface area contributed by atoms with E-state index in [9.17, 15) is 23.2 Å². The molecular formula is C22H20F2N4O3S. The fraction of sp³-hybridized carbons (Fsp3) is 0.273. The van der Waals surface area contributed by atoms with Crippen molar-refractivity contribution < 1.29 is 23.2 Å². The summed E-state index contributed by atoms with van der Waals surface area (Å²) in [7, 11) is 3.71. The van der Waals surface area contributed by atoms with Gasteiger partial charge in [0.15, 0.2) is 10.9 Å². The number of carbonyl (C=O) groups is 3. The van der Waals surface area contributed by atoms with Gasteiger partial charge in [0.05, 0.1) is 10.4 Å². The van der Waals surface area contributed by atoms with Crippen molar-refractivity contribution in [3.63, 3.8) is 0 Å². The van der Waals surface area contributed by atoms with Crippen LogP contribution in [-0.4, -0.2) is 54.8 Å². The molecule has 7 nitrogen and oxygen atoms in total. The van der Waals surface area contributed by atoms with E-state index in [0.29, 0.717) is 22.5 Å². The van der Waals surface area contributed by atoms with Crippen molar-refractivity contribution in [3.8, 4) is 0 Å². The lowest BCUT2D eigenvalue weighted by molar-refractivity contribution is -0.121. The smallest absolute Gasteiger partial charge is 0.260 e. The first-order chi connectivity index (χ1) is 15.2. The number of amides is 3. The maximum atomic E-state index is 14.2. The minimum Gasteiger partial charge on any atom is -0.308 e. The highest BCUT2D eigenvalue weighted by Crippen LogP contribution is 2.32. The van der Waals surface area contributed by atoms with Crippen LogP contribution in [-0.2, 0) is 9.59 Å². The minimum absolute atomic E-state index is 0.00968. The van der Waals surface area contributed by atoms with Crippen molar-refractivity contribution in [2.45, 2.75) is 12.8 Å². The zero-order chi connectivity index (χ0) is 23.0. The van der Waals surface area contributed by atoms with Gasteiger partial charge >= 0.3 is 0 Å². The molecule has 3 amide bonds. The Labute approximate surface area is 186 Å². The van der Waals surface area contributed by atoms with Crippen molar-refractivity contribution >= 4 is 50.1 Å². The zero-order valence-corrected chi connectivity index (χ0v) is 18.3. The van der Waals surface area contributed by atoms with Crippen LogP contribution in [0.5, 0.6) is 0 Å². The van der Waals surface area contributed by atoms with E-state index in [4.69, 9.17) is 0 Å². The first-order valence-corrected chi connectivity index (χ1v) is 10.7. The highest BCUT2D eigenvalue weighted by molar-refractivity contribution is 7.22. The Bertz CT molecular complexity index is 1190. The lowest BCUT2D eigenvalue weighted by atomic mass is 10.1. The first-order valence-electron chi connectivity index (χ1n) is 9.92. The van der Waals surface area contributed by atoms with E-state index < -0.39 is 11.6 Å². The summed E-state index contributed by atoms with van der Waals surface area (Å²) in [4.78, 5) is 45.9. The van der Waals surface area contributed by atoms with Crippen LogP contribution in [0.1, 0.15) is 23.2 Å². The number of anilines is 2. The van der Waals surface area contributed by atoms with Gasteiger partial charge in [-0.2, -0.15) is 0 Å². The quantitative estimate of drug-likeness (QED) is 0.529. The summed E-state index contributed by atoms with van der Waals surface area (Å²) in [5.41, 5.74) is 0.736. The number of nitrogens with zero attached hydrogens (tertiary/aromatic N) is 4. The second-order valence-corrected chi connectivity index (χ2v) is 8.67. The Balaban J connectivity index is 1.66. The van der Waals surface area contributed by atoms with Crippen LogP contribution >= 0.6 is 11.3 Å². The largest absolute Gasteiger partial charge is 0.308 e. The van der Waals surface area contributed by atoms with Gasteiger partial charge in [0.2, 0.25) is 11.8 Å². The van der Waals surface area contributed by atoms with Gasteiger partial charge < -0.3 is 4.90 Å². The number of fused-ring (bicyclic) bond motifs is 1. The van der Waals surface area contributed by atoms with Crippen LogP contribution in [0.2, 0.25) is 0 Å². The average Bonchev–Trinajstić information content (AvgIpc) is 3.31. The highest BCUT2D eigenvalue weighted by atomic mass is 32.1. The molecule has 0 saturated carbocycles. The van der Waals surface area contributed by atoms with E-state index in [-0.39, 0.29) is 47.8 Å². The van der Waals surface area contributed by atoms with E-state index >= 15 is 0 Å². The van der Waals surface area contributed by atoms with Gasteiger partial charge in [-0.1, -0.05) is 11.3 Å². The van der Waals surface area contributed by atoms with Crippen LogP contribution in [0.25, 0.3) is 10.2 Å². The highest BCUT2D eigenvalue weighted by Gasteiger charge is 2.30. The Hall–Kier alpha value is -3.24. The molecule has 32 heavy (non-hydrogen) atoms. The van der Waals surface area contributed by atoms with Crippen LogP contribution in [0, 0.1) is 11.6 Å². The maximum absolute atomic E-state index is 14.2. The standard InChI is InChI=1S/C22H20F2N4O3S/c1-26(2)9-10-27(22-25-20-16(24)11-14(23)12-17(20)32-22)21(31)13-3-5-15(6-4-13)28-18(29)7-8-19(28)30/h3-6,11-12H,7-10H2,1-2H3. The summed E-state index contributed by atoms with van der Waals surface area (Å²) in [6, 6.07) is 8.11. The molecule has 166 valence electrons. The van der Waals surface area contributed by atoms with Gasteiger partial charge in [0.25, 0.3) is 5.91 Å². The molecule has 0 aliphatic carbocycles. The molecule has 0 bridgehead atoms. The van der Waals surface area contributed by atoms with Gasteiger partial charge in [0.1, 0.15) is 11.3 Å². The Morgan fingerprint density at radius 1 is 1.06 bits per heavy atom. The van der Waals surface area contributed by atoms with Crippen molar-refractivity contribution in [3.05, 3.63) is 53.6 Å². The molecule has 1 fully saturated rings. The van der Waals surface area contributed by atoms with E-state index in [1.54, 1.807) is 12.1 Å². The molecule has 10 heteroatoms. The van der Waals surface area contributed by atoms with Crippen molar-refractivity contribution in [1.29, 1.82) is 0 Å². The molecule has 0 atom stereocenters. The summed E-state index contributed by atoms with van der Waals surface area (Å²) in [6.45, 7) is 0.800. The zero-order valence-electron chi connectivity index (χ0n) is 17.5. The second-order valence-electron chi connectivity index (χ2n) is 7.66. The third kappa shape index (κ3) is 4.23. The average molecular weight is 458 g/mol. The summed E-state index contributed by atoms with van der Waals surface area (Å²) in [5, 5.41) is 0.255. The second kappa shape index (κ2) is 8.71. The molecule has 4 rings (SSSR count). The lowest BCUT2D eigenvalue weighted by Gasteiger charge is -2.22. The Morgan fingerprint density at radius 2 is 1.72 bits per heavy atom. The van der Waals surface area contributed by atoms with Crippen LogP contribution in [0.4, 0.5) is 19.6 Å². The number of hydrogen-bond acceptors (Lipinski definition) is 6. The normalized spacial score (nSPS) is 14.1. The molecule has 3 aromatic rings. The molecule has 0 unspecified atom stereocenters.